The Morgan fingerprint density at radius 3 is 2.57 bits per heavy atom. The van der Waals surface area contributed by atoms with Crippen LogP contribution < -0.4 is 10.2 Å². The summed E-state index contributed by atoms with van der Waals surface area (Å²) < 4.78 is 10.8. The van der Waals surface area contributed by atoms with Crippen LogP contribution in [0, 0.1) is 0 Å². The lowest BCUT2D eigenvalue weighted by molar-refractivity contribution is -0.921. The van der Waals surface area contributed by atoms with Crippen molar-refractivity contribution in [1.29, 1.82) is 0 Å². The molecule has 1 amide bonds. The van der Waals surface area contributed by atoms with Crippen LogP contribution in [0.4, 0.5) is 5.69 Å². The number of ether oxygens (including phenoxy) is 2. The number of hydrogen-bond acceptors (Lipinski definition) is 4. The third-order valence-electron chi connectivity index (χ3n) is 5.86. The number of anilines is 1. The lowest BCUT2D eigenvalue weighted by atomic mass is 10.1. The van der Waals surface area contributed by atoms with Crippen LogP contribution in [0.1, 0.15) is 40.4 Å². The number of morpholine rings is 1. The number of aryl methyl sites for hydroxylation is 2. The first-order chi connectivity index (χ1) is 14.6. The van der Waals surface area contributed by atoms with Crippen LogP contribution in [0.3, 0.4) is 0 Å². The van der Waals surface area contributed by atoms with Crippen LogP contribution in [0.2, 0.25) is 0 Å². The predicted octanol–water partition coefficient (Wildman–Crippen LogP) is 1.77. The van der Waals surface area contributed by atoms with Crippen molar-refractivity contribution in [2.75, 3.05) is 31.6 Å². The maximum absolute atomic E-state index is 12.5. The third-order valence-corrected chi connectivity index (χ3v) is 5.86. The fraction of sp³-hybridized carbons (Fsp3) is 0.417. The van der Waals surface area contributed by atoms with Gasteiger partial charge in [-0.2, -0.15) is 0 Å². The Bertz CT molecular complexity index is 904. The van der Waals surface area contributed by atoms with Gasteiger partial charge in [-0.25, -0.2) is 4.79 Å². The molecule has 158 valence electrons. The molecule has 1 atom stereocenters. The summed E-state index contributed by atoms with van der Waals surface area (Å²) in [5.41, 5.74) is 5.01. The highest BCUT2D eigenvalue weighted by atomic mass is 16.5. The van der Waals surface area contributed by atoms with Gasteiger partial charge in [0.2, 0.25) is 0 Å². The summed E-state index contributed by atoms with van der Waals surface area (Å²) in [4.78, 5) is 26.4. The van der Waals surface area contributed by atoms with Gasteiger partial charge in [0.1, 0.15) is 19.6 Å². The lowest BCUT2D eigenvalue weighted by Crippen LogP contribution is -3.12. The van der Waals surface area contributed by atoms with E-state index in [1.807, 2.05) is 24.3 Å². The maximum atomic E-state index is 12.5. The van der Waals surface area contributed by atoms with Crippen molar-refractivity contribution >= 4 is 17.6 Å². The molecule has 0 bridgehead atoms. The van der Waals surface area contributed by atoms with Gasteiger partial charge in [0.15, 0.2) is 6.10 Å². The summed E-state index contributed by atoms with van der Waals surface area (Å²) >= 11 is 0. The van der Waals surface area contributed by atoms with Gasteiger partial charge in [0.05, 0.1) is 18.8 Å². The van der Waals surface area contributed by atoms with Gasteiger partial charge in [-0.3, -0.25) is 4.79 Å². The molecule has 6 heteroatoms. The molecule has 1 saturated heterocycles. The topological polar surface area (TPSA) is 69.1 Å². The predicted molar refractivity (Wildman–Crippen MR) is 114 cm³/mol. The summed E-state index contributed by atoms with van der Waals surface area (Å²) in [6, 6.07) is 13.4. The van der Waals surface area contributed by atoms with E-state index >= 15 is 0 Å². The summed E-state index contributed by atoms with van der Waals surface area (Å²) in [5, 5.41) is 2.85. The van der Waals surface area contributed by atoms with E-state index in [9.17, 15) is 9.59 Å². The number of carbonyl (C=O) groups is 2. The van der Waals surface area contributed by atoms with Gasteiger partial charge in [-0.15, -0.1) is 0 Å². The molecule has 2 aliphatic rings. The Morgan fingerprint density at radius 1 is 1.07 bits per heavy atom. The Morgan fingerprint density at radius 2 is 1.80 bits per heavy atom. The normalized spacial score (nSPS) is 17.2. The molecular weight excluding hydrogens is 380 g/mol. The Kier molecular flexibility index (Phi) is 6.45. The molecule has 0 radical (unpaired) electrons. The minimum absolute atomic E-state index is 0.325. The molecule has 2 N–H and O–H groups in total. The van der Waals surface area contributed by atoms with E-state index in [0.717, 1.165) is 57.8 Å². The van der Waals surface area contributed by atoms with Crippen LogP contribution in [0.15, 0.2) is 42.5 Å². The number of esters is 1. The molecule has 1 aliphatic carbocycles. The largest absolute Gasteiger partial charge is 0.449 e. The number of benzene rings is 2. The standard InChI is InChI=1S/C24H28N2O4/c1-17(23(27)25-22-10-9-19-3-2-4-21(19)15-22)30-24(28)20-7-5-18(6-8-20)16-26-11-13-29-14-12-26/h5-10,15,17H,2-4,11-14,16H2,1H3,(H,25,27)/p+1/t17-/m1/s1. The first-order valence-electron chi connectivity index (χ1n) is 10.7. The van der Waals surface area contributed by atoms with Crippen molar-refractivity contribution in [3.05, 3.63) is 64.7 Å². The van der Waals surface area contributed by atoms with Crippen LogP contribution in [-0.2, 0) is 33.7 Å². The molecule has 1 fully saturated rings. The fourth-order valence-corrected chi connectivity index (χ4v) is 4.06. The second-order valence-electron chi connectivity index (χ2n) is 8.11. The van der Waals surface area contributed by atoms with Crippen LogP contribution >= 0.6 is 0 Å². The molecular formula is C24H29N2O4+. The van der Waals surface area contributed by atoms with Crippen molar-refractivity contribution in [1.82, 2.24) is 0 Å². The molecule has 0 aromatic heterocycles. The number of rotatable bonds is 6. The summed E-state index contributed by atoms with van der Waals surface area (Å²) in [7, 11) is 0. The second-order valence-corrected chi connectivity index (χ2v) is 8.11. The van der Waals surface area contributed by atoms with E-state index in [2.05, 4.69) is 11.4 Å². The van der Waals surface area contributed by atoms with Crippen LogP contribution in [0.25, 0.3) is 0 Å². The molecule has 30 heavy (non-hydrogen) atoms. The lowest BCUT2D eigenvalue weighted by Gasteiger charge is -2.23. The van der Waals surface area contributed by atoms with Crippen molar-refractivity contribution in [3.63, 3.8) is 0 Å². The first-order valence-corrected chi connectivity index (χ1v) is 10.7. The maximum Gasteiger partial charge on any atom is 0.338 e. The van der Waals surface area contributed by atoms with Crippen LogP contribution in [0.5, 0.6) is 0 Å². The van der Waals surface area contributed by atoms with Gasteiger partial charge in [0.25, 0.3) is 5.91 Å². The highest BCUT2D eigenvalue weighted by Crippen LogP contribution is 2.25. The zero-order chi connectivity index (χ0) is 20.9. The van der Waals surface area contributed by atoms with E-state index < -0.39 is 12.1 Å². The monoisotopic (exact) mass is 409 g/mol. The van der Waals surface area contributed by atoms with Gasteiger partial charge in [0, 0.05) is 11.3 Å². The molecule has 1 heterocycles. The number of quaternary nitrogens is 1. The minimum atomic E-state index is -0.872. The summed E-state index contributed by atoms with van der Waals surface area (Å²) in [6.45, 7) is 6.10. The Hall–Kier alpha value is -2.70. The fourth-order valence-electron chi connectivity index (χ4n) is 4.06. The number of nitrogens with one attached hydrogen (secondary N) is 2. The highest BCUT2D eigenvalue weighted by molar-refractivity contribution is 5.97. The highest BCUT2D eigenvalue weighted by Gasteiger charge is 2.20. The van der Waals surface area contributed by atoms with Gasteiger partial charge in [-0.05, 0) is 61.6 Å². The van der Waals surface area contributed by atoms with Crippen molar-refractivity contribution in [3.8, 4) is 0 Å². The van der Waals surface area contributed by atoms with E-state index in [1.165, 1.54) is 21.6 Å². The van der Waals surface area contributed by atoms with Crippen molar-refractivity contribution in [2.24, 2.45) is 0 Å². The van der Waals surface area contributed by atoms with E-state index in [0.29, 0.717) is 5.56 Å². The average Bonchev–Trinajstić information content (AvgIpc) is 3.23. The molecule has 2 aromatic carbocycles. The van der Waals surface area contributed by atoms with E-state index in [1.54, 1.807) is 19.1 Å². The average molecular weight is 410 g/mol. The van der Waals surface area contributed by atoms with Crippen molar-refractivity contribution < 1.29 is 24.0 Å². The smallest absolute Gasteiger partial charge is 0.338 e. The van der Waals surface area contributed by atoms with Gasteiger partial charge in [-0.1, -0.05) is 18.2 Å². The summed E-state index contributed by atoms with van der Waals surface area (Å²) in [5.74, 6) is -0.814. The first kappa shape index (κ1) is 20.6. The molecule has 4 rings (SSSR count). The van der Waals surface area contributed by atoms with Gasteiger partial charge >= 0.3 is 5.97 Å². The Balaban J connectivity index is 1.29. The molecule has 1 aliphatic heterocycles. The zero-order valence-electron chi connectivity index (χ0n) is 17.4. The molecule has 0 saturated carbocycles. The van der Waals surface area contributed by atoms with Crippen molar-refractivity contribution in [2.45, 2.75) is 38.8 Å². The van der Waals surface area contributed by atoms with E-state index in [4.69, 9.17) is 9.47 Å². The Labute approximate surface area is 177 Å². The van der Waals surface area contributed by atoms with Gasteiger partial charge < -0.3 is 19.7 Å². The number of fused-ring (bicyclic) bond motifs is 1. The molecule has 6 nitrogen and oxygen atoms in total. The number of carbonyl (C=O) groups excluding carboxylic acids is 2. The van der Waals surface area contributed by atoms with E-state index in [-0.39, 0.29) is 5.91 Å². The quantitative estimate of drug-likeness (QED) is 0.714. The zero-order valence-corrected chi connectivity index (χ0v) is 17.4. The number of hydrogen-bond donors (Lipinski definition) is 2. The number of amides is 1. The SMILES string of the molecule is C[C@@H](OC(=O)c1ccc(C[NH+]2CCOCC2)cc1)C(=O)Nc1ccc2c(c1)CCC2. The second kappa shape index (κ2) is 9.41. The molecule has 2 aromatic rings. The third kappa shape index (κ3) is 5.07. The molecule has 0 unspecified atom stereocenters. The molecule has 0 spiro atoms. The minimum Gasteiger partial charge on any atom is -0.449 e. The van der Waals surface area contributed by atoms with Crippen LogP contribution in [-0.4, -0.2) is 44.3 Å². The summed E-state index contributed by atoms with van der Waals surface area (Å²) in [6.07, 6.45) is 2.44.